The van der Waals surface area contributed by atoms with Crippen LogP contribution < -0.4 is 10.3 Å². The highest BCUT2D eigenvalue weighted by atomic mass is 32.2. The molecule has 22 heavy (non-hydrogen) atoms. The second-order valence-corrected chi connectivity index (χ2v) is 6.23. The Hall–Kier alpha value is -2.32. The van der Waals surface area contributed by atoms with Crippen molar-refractivity contribution in [3.05, 3.63) is 54.1 Å². The van der Waals surface area contributed by atoms with E-state index >= 15 is 0 Å². The first-order valence-electron chi connectivity index (χ1n) is 6.70. The summed E-state index contributed by atoms with van der Waals surface area (Å²) >= 11 is 0. The van der Waals surface area contributed by atoms with Gasteiger partial charge in [-0.3, -0.25) is 15.2 Å². The molecule has 1 amide bonds. The van der Waals surface area contributed by atoms with Crippen LogP contribution in [0.5, 0.6) is 0 Å². The Morgan fingerprint density at radius 1 is 1.18 bits per heavy atom. The van der Waals surface area contributed by atoms with E-state index in [-0.39, 0.29) is 10.6 Å². The first-order chi connectivity index (χ1) is 10.5. The van der Waals surface area contributed by atoms with Gasteiger partial charge < -0.3 is 0 Å². The van der Waals surface area contributed by atoms with Crippen LogP contribution in [0.1, 0.15) is 29.4 Å². The van der Waals surface area contributed by atoms with Gasteiger partial charge in [0.25, 0.3) is 15.9 Å². The van der Waals surface area contributed by atoms with Crippen molar-refractivity contribution in [3.63, 3.8) is 0 Å². The molecule has 1 heterocycles. The number of benzene rings is 1. The van der Waals surface area contributed by atoms with Crippen LogP contribution in [-0.4, -0.2) is 24.3 Å². The van der Waals surface area contributed by atoms with Gasteiger partial charge in [0.1, 0.15) is 5.69 Å². The second-order valence-electron chi connectivity index (χ2n) is 4.54. The molecule has 0 aliphatic rings. The minimum Gasteiger partial charge on any atom is -0.272 e. The Kier molecular flexibility index (Phi) is 5.18. The lowest BCUT2D eigenvalue weighted by molar-refractivity contribution is 0.0939. The SMILES string of the molecule is CCCc1ccc(S(=O)(=O)NNC(=O)c2cnccn2)cc1. The molecular weight excluding hydrogens is 304 g/mol. The summed E-state index contributed by atoms with van der Waals surface area (Å²) in [5, 5.41) is 0. The summed E-state index contributed by atoms with van der Waals surface area (Å²) in [5.41, 5.74) is 3.18. The highest BCUT2D eigenvalue weighted by Gasteiger charge is 2.16. The topological polar surface area (TPSA) is 101 Å². The fourth-order valence-electron chi connectivity index (χ4n) is 1.78. The lowest BCUT2D eigenvalue weighted by atomic mass is 10.1. The van der Waals surface area contributed by atoms with Crippen molar-refractivity contribution >= 4 is 15.9 Å². The van der Waals surface area contributed by atoms with E-state index in [1.54, 1.807) is 12.1 Å². The van der Waals surface area contributed by atoms with Crippen molar-refractivity contribution in [1.29, 1.82) is 0 Å². The first-order valence-corrected chi connectivity index (χ1v) is 8.18. The summed E-state index contributed by atoms with van der Waals surface area (Å²) in [6, 6.07) is 6.51. The quantitative estimate of drug-likeness (QED) is 0.775. The van der Waals surface area contributed by atoms with Crippen LogP contribution in [0.15, 0.2) is 47.8 Å². The van der Waals surface area contributed by atoms with Gasteiger partial charge in [-0.2, -0.15) is 0 Å². The number of hydrogen-bond donors (Lipinski definition) is 2. The van der Waals surface area contributed by atoms with E-state index < -0.39 is 15.9 Å². The number of sulfonamides is 1. The van der Waals surface area contributed by atoms with E-state index in [4.69, 9.17) is 0 Å². The van der Waals surface area contributed by atoms with Crippen molar-refractivity contribution in [2.45, 2.75) is 24.7 Å². The first kappa shape index (κ1) is 16.1. The maximum Gasteiger partial charge on any atom is 0.286 e. The fraction of sp³-hybridized carbons (Fsp3) is 0.214. The van der Waals surface area contributed by atoms with E-state index in [9.17, 15) is 13.2 Å². The number of aryl methyl sites for hydroxylation is 1. The largest absolute Gasteiger partial charge is 0.286 e. The van der Waals surface area contributed by atoms with E-state index in [1.807, 2.05) is 11.8 Å². The summed E-state index contributed by atoms with van der Waals surface area (Å²) in [4.78, 5) is 21.3. The van der Waals surface area contributed by atoms with Gasteiger partial charge in [-0.25, -0.2) is 13.4 Å². The van der Waals surface area contributed by atoms with Crippen LogP contribution in [0.4, 0.5) is 0 Å². The average molecular weight is 320 g/mol. The standard InChI is InChI=1S/C14H16N4O3S/c1-2-3-11-4-6-12(7-5-11)22(20,21)18-17-14(19)13-10-15-8-9-16-13/h4-10,18H,2-3H2,1H3,(H,17,19). The Morgan fingerprint density at radius 3 is 2.50 bits per heavy atom. The molecule has 0 fully saturated rings. The molecule has 0 bridgehead atoms. The van der Waals surface area contributed by atoms with Gasteiger partial charge in [-0.1, -0.05) is 25.5 Å². The van der Waals surface area contributed by atoms with Crippen LogP contribution in [0, 0.1) is 0 Å². The van der Waals surface area contributed by atoms with Crippen molar-refractivity contribution in [2.75, 3.05) is 0 Å². The third kappa shape index (κ3) is 4.09. The molecule has 0 unspecified atom stereocenters. The third-order valence-corrected chi connectivity index (χ3v) is 4.13. The van der Waals surface area contributed by atoms with Gasteiger partial charge in [-0.15, -0.1) is 4.83 Å². The average Bonchev–Trinajstić information content (AvgIpc) is 2.54. The smallest absolute Gasteiger partial charge is 0.272 e. The third-order valence-electron chi connectivity index (χ3n) is 2.87. The molecule has 0 saturated carbocycles. The monoisotopic (exact) mass is 320 g/mol. The van der Waals surface area contributed by atoms with Crippen molar-refractivity contribution < 1.29 is 13.2 Å². The molecule has 2 N–H and O–H groups in total. The van der Waals surface area contributed by atoms with Crippen molar-refractivity contribution in [2.24, 2.45) is 0 Å². The number of hydrazine groups is 1. The molecule has 0 spiro atoms. The van der Waals surface area contributed by atoms with Gasteiger partial charge in [0.15, 0.2) is 0 Å². The molecule has 1 aromatic heterocycles. The normalized spacial score (nSPS) is 11.1. The highest BCUT2D eigenvalue weighted by Crippen LogP contribution is 2.11. The summed E-state index contributed by atoms with van der Waals surface area (Å²) < 4.78 is 24.2. The number of carbonyl (C=O) groups excluding carboxylic acids is 1. The van der Waals surface area contributed by atoms with E-state index in [2.05, 4.69) is 15.4 Å². The summed E-state index contributed by atoms with van der Waals surface area (Å²) in [6.07, 6.45) is 5.87. The van der Waals surface area contributed by atoms with E-state index in [0.717, 1.165) is 18.4 Å². The molecule has 0 saturated heterocycles. The second kappa shape index (κ2) is 7.10. The molecule has 7 nitrogen and oxygen atoms in total. The van der Waals surface area contributed by atoms with Gasteiger partial charge >= 0.3 is 0 Å². The molecule has 2 aromatic rings. The molecule has 1 aromatic carbocycles. The zero-order chi connectivity index (χ0) is 16.0. The molecule has 8 heteroatoms. The molecule has 2 rings (SSSR count). The summed E-state index contributed by atoms with van der Waals surface area (Å²) in [5.74, 6) is -0.681. The number of aromatic nitrogens is 2. The number of rotatable bonds is 6. The minimum atomic E-state index is -3.83. The van der Waals surface area contributed by atoms with E-state index in [1.165, 1.54) is 30.7 Å². The molecule has 0 aliphatic heterocycles. The van der Waals surface area contributed by atoms with Gasteiger partial charge in [0.05, 0.1) is 11.1 Å². The van der Waals surface area contributed by atoms with Crippen LogP contribution in [-0.2, 0) is 16.4 Å². The molecule has 0 atom stereocenters. The van der Waals surface area contributed by atoms with Gasteiger partial charge in [0.2, 0.25) is 0 Å². The van der Waals surface area contributed by atoms with Crippen LogP contribution in [0.25, 0.3) is 0 Å². The number of nitrogens with one attached hydrogen (secondary N) is 2. The number of carbonyl (C=O) groups is 1. The molecule has 0 radical (unpaired) electrons. The number of amides is 1. The molecule has 116 valence electrons. The predicted octanol–water partition coefficient (Wildman–Crippen LogP) is 1.05. The highest BCUT2D eigenvalue weighted by molar-refractivity contribution is 7.89. The molecule has 0 aliphatic carbocycles. The molecular formula is C14H16N4O3S. The van der Waals surface area contributed by atoms with Gasteiger partial charge in [0, 0.05) is 12.4 Å². The lowest BCUT2D eigenvalue weighted by Crippen LogP contribution is -2.41. The number of hydrogen-bond acceptors (Lipinski definition) is 5. The van der Waals surface area contributed by atoms with Crippen LogP contribution in [0.2, 0.25) is 0 Å². The van der Waals surface area contributed by atoms with Crippen molar-refractivity contribution in [1.82, 2.24) is 20.2 Å². The van der Waals surface area contributed by atoms with E-state index in [0.29, 0.717) is 0 Å². The van der Waals surface area contributed by atoms with Crippen LogP contribution >= 0.6 is 0 Å². The lowest BCUT2D eigenvalue weighted by Gasteiger charge is -2.08. The minimum absolute atomic E-state index is 0.0171. The zero-order valence-corrected chi connectivity index (χ0v) is 12.8. The Morgan fingerprint density at radius 2 is 1.91 bits per heavy atom. The zero-order valence-electron chi connectivity index (χ0n) is 12.0. The van der Waals surface area contributed by atoms with Crippen LogP contribution in [0.3, 0.4) is 0 Å². The Labute approximate surface area is 128 Å². The summed E-state index contributed by atoms with van der Waals surface area (Å²) in [6.45, 7) is 2.05. The summed E-state index contributed by atoms with van der Waals surface area (Å²) in [7, 11) is -3.83. The maximum atomic E-state index is 12.1. The number of nitrogens with zero attached hydrogens (tertiary/aromatic N) is 2. The van der Waals surface area contributed by atoms with Crippen molar-refractivity contribution in [3.8, 4) is 0 Å². The fourth-order valence-corrected chi connectivity index (χ4v) is 2.62. The Balaban J connectivity index is 2.03. The maximum absolute atomic E-state index is 12.1. The Bertz CT molecular complexity index is 730. The van der Waals surface area contributed by atoms with Gasteiger partial charge in [-0.05, 0) is 24.1 Å². The predicted molar refractivity (Wildman–Crippen MR) is 80.3 cm³/mol.